The van der Waals surface area contributed by atoms with Crippen molar-refractivity contribution in [3.05, 3.63) is 59.2 Å². The van der Waals surface area contributed by atoms with Gasteiger partial charge in [-0.25, -0.2) is 0 Å². The molecule has 0 atom stereocenters. The Bertz CT molecular complexity index is 731. The summed E-state index contributed by atoms with van der Waals surface area (Å²) in [7, 11) is 0. The highest BCUT2D eigenvalue weighted by Gasteiger charge is 2.11. The minimum absolute atomic E-state index is 0.206. The predicted octanol–water partition coefficient (Wildman–Crippen LogP) is 3.17. The monoisotopic (exact) mass is 277 g/mol. The van der Waals surface area contributed by atoms with E-state index in [0.29, 0.717) is 11.1 Å². The number of benzene rings is 2. The standard InChI is InChI=1S/C17H15N3O/c18-11-12-3-1-4-14(9-12)17(21)20-15-7-6-13-5-2-8-19-16(13)10-15/h1,3-4,6-7,9-10,19H,2,5,8H2,(H,20,21). The number of fused-ring (bicyclic) bond motifs is 1. The lowest BCUT2D eigenvalue weighted by Gasteiger charge is -2.18. The van der Waals surface area contributed by atoms with Gasteiger partial charge in [0.05, 0.1) is 11.6 Å². The smallest absolute Gasteiger partial charge is 0.255 e. The highest BCUT2D eigenvalue weighted by atomic mass is 16.1. The van der Waals surface area contributed by atoms with Crippen LogP contribution < -0.4 is 10.6 Å². The van der Waals surface area contributed by atoms with Crippen molar-refractivity contribution in [3.8, 4) is 6.07 Å². The largest absolute Gasteiger partial charge is 0.385 e. The molecule has 1 heterocycles. The maximum Gasteiger partial charge on any atom is 0.255 e. The molecule has 2 aromatic rings. The first-order valence-corrected chi connectivity index (χ1v) is 6.94. The number of nitriles is 1. The number of carbonyl (C=O) groups excluding carboxylic acids is 1. The van der Waals surface area contributed by atoms with Gasteiger partial charge >= 0.3 is 0 Å². The summed E-state index contributed by atoms with van der Waals surface area (Å²) in [6, 6.07) is 14.6. The van der Waals surface area contributed by atoms with E-state index < -0.39 is 0 Å². The second-order valence-corrected chi connectivity index (χ2v) is 5.05. The van der Waals surface area contributed by atoms with Crippen LogP contribution in [0.5, 0.6) is 0 Å². The molecule has 3 rings (SSSR count). The zero-order valence-corrected chi connectivity index (χ0v) is 11.5. The fourth-order valence-electron chi connectivity index (χ4n) is 2.47. The Balaban J connectivity index is 1.80. The number of hydrogen-bond acceptors (Lipinski definition) is 3. The number of aryl methyl sites for hydroxylation is 1. The summed E-state index contributed by atoms with van der Waals surface area (Å²) in [6.45, 7) is 0.967. The van der Waals surface area contributed by atoms with Gasteiger partial charge in [-0.15, -0.1) is 0 Å². The molecule has 0 unspecified atom stereocenters. The van der Waals surface area contributed by atoms with Gasteiger partial charge in [-0.1, -0.05) is 12.1 Å². The molecule has 1 aliphatic heterocycles. The third-order valence-corrected chi connectivity index (χ3v) is 3.56. The highest BCUT2D eigenvalue weighted by Crippen LogP contribution is 2.25. The summed E-state index contributed by atoms with van der Waals surface area (Å²) in [6.07, 6.45) is 2.21. The summed E-state index contributed by atoms with van der Waals surface area (Å²) in [5, 5.41) is 15.1. The summed E-state index contributed by atoms with van der Waals surface area (Å²) in [4.78, 5) is 12.2. The number of nitrogens with zero attached hydrogens (tertiary/aromatic N) is 1. The van der Waals surface area contributed by atoms with Crippen LogP contribution in [0.25, 0.3) is 0 Å². The molecule has 21 heavy (non-hydrogen) atoms. The molecule has 4 nitrogen and oxygen atoms in total. The molecule has 0 radical (unpaired) electrons. The number of anilines is 2. The Labute approximate surface area is 123 Å². The first kappa shape index (κ1) is 13.2. The van der Waals surface area contributed by atoms with E-state index >= 15 is 0 Å². The van der Waals surface area contributed by atoms with E-state index in [1.165, 1.54) is 5.56 Å². The summed E-state index contributed by atoms with van der Waals surface area (Å²) in [5.41, 5.74) is 4.10. The maximum absolute atomic E-state index is 12.2. The third-order valence-electron chi connectivity index (χ3n) is 3.56. The molecule has 0 aliphatic carbocycles. The SMILES string of the molecule is N#Cc1cccc(C(=O)Nc2ccc3c(c2)NCCC3)c1. The van der Waals surface area contributed by atoms with Crippen molar-refractivity contribution in [2.45, 2.75) is 12.8 Å². The minimum Gasteiger partial charge on any atom is -0.385 e. The quantitative estimate of drug-likeness (QED) is 0.886. The number of rotatable bonds is 2. The van der Waals surface area contributed by atoms with Crippen molar-refractivity contribution in [1.82, 2.24) is 0 Å². The Morgan fingerprint density at radius 1 is 1.24 bits per heavy atom. The van der Waals surface area contributed by atoms with Crippen LogP contribution in [0.3, 0.4) is 0 Å². The first-order valence-electron chi connectivity index (χ1n) is 6.94. The van der Waals surface area contributed by atoms with Crippen molar-refractivity contribution < 1.29 is 4.79 Å². The lowest BCUT2D eigenvalue weighted by molar-refractivity contribution is 0.102. The normalized spacial score (nSPS) is 12.7. The van der Waals surface area contributed by atoms with Gasteiger partial charge in [0.2, 0.25) is 0 Å². The Morgan fingerprint density at radius 3 is 3.00 bits per heavy atom. The minimum atomic E-state index is -0.206. The summed E-state index contributed by atoms with van der Waals surface area (Å²) in [5.74, 6) is -0.206. The van der Waals surface area contributed by atoms with E-state index in [1.54, 1.807) is 24.3 Å². The molecule has 104 valence electrons. The lowest BCUT2D eigenvalue weighted by atomic mass is 10.0. The molecule has 0 spiro atoms. The van der Waals surface area contributed by atoms with Crippen molar-refractivity contribution >= 4 is 17.3 Å². The van der Waals surface area contributed by atoms with E-state index in [9.17, 15) is 4.79 Å². The lowest BCUT2D eigenvalue weighted by Crippen LogP contribution is -2.14. The zero-order chi connectivity index (χ0) is 14.7. The van der Waals surface area contributed by atoms with Crippen molar-refractivity contribution in [2.24, 2.45) is 0 Å². The van der Waals surface area contributed by atoms with Crippen LogP contribution in [0.1, 0.15) is 27.9 Å². The van der Waals surface area contributed by atoms with Gasteiger partial charge in [-0.3, -0.25) is 4.79 Å². The number of carbonyl (C=O) groups is 1. The van der Waals surface area contributed by atoms with Crippen LogP contribution >= 0.6 is 0 Å². The highest BCUT2D eigenvalue weighted by molar-refractivity contribution is 6.04. The third kappa shape index (κ3) is 2.87. The summed E-state index contributed by atoms with van der Waals surface area (Å²) >= 11 is 0. The Kier molecular flexibility index (Phi) is 3.57. The average molecular weight is 277 g/mol. The average Bonchev–Trinajstić information content (AvgIpc) is 2.54. The molecule has 2 N–H and O–H groups in total. The molecule has 1 amide bonds. The van der Waals surface area contributed by atoms with E-state index in [-0.39, 0.29) is 5.91 Å². The first-order chi connectivity index (χ1) is 10.3. The number of amides is 1. The zero-order valence-electron chi connectivity index (χ0n) is 11.5. The van der Waals surface area contributed by atoms with Gasteiger partial charge in [0.1, 0.15) is 0 Å². The molecule has 1 aliphatic rings. The van der Waals surface area contributed by atoms with Gasteiger partial charge in [-0.05, 0) is 48.7 Å². The predicted molar refractivity (Wildman–Crippen MR) is 82.4 cm³/mol. The van der Waals surface area contributed by atoms with Crippen molar-refractivity contribution in [3.63, 3.8) is 0 Å². The molecular formula is C17H15N3O. The molecule has 0 fully saturated rings. The van der Waals surface area contributed by atoms with Gasteiger partial charge < -0.3 is 10.6 Å². The molecule has 0 saturated heterocycles. The van der Waals surface area contributed by atoms with Crippen molar-refractivity contribution in [2.75, 3.05) is 17.2 Å². The van der Waals surface area contributed by atoms with E-state index in [1.807, 2.05) is 24.3 Å². The Morgan fingerprint density at radius 2 is 2.14 bits per heavy atom. The van der Waals surface area contributed by atoms with Crippen LogP contribution in [0.2, 0.25) is 0 Å². The maximum atomic E-state index is 12.2. The fourth-order valence-corrected chi connectivity index (χ4v) is 2.47. The van der Waals surface area contributed by atoms with Gasteiger partial charge in [0.15, 0.2) is 0 Å². The van der Waals surface area contributed by atoms with Gasteiger partial charge in [0.25, 0.3) is 5.91 Å². The second kappa shape index (κ2) is 5.68. The van der Waals surface area contributed by atoms with E-state index in [2.05, 4.69) is 10.6 Å². The van der Waals surface area contributed by atoms with Gasteiger partial charge in [-0.2, -0.15) is 5.26 Å². The molecular weight excluding hydrogens is 262 g/mol. The van der Waals surface area contributed by atoms with Crippen LogP contribution in [0, 0.1) is 11.3 Å². The molecule has 0 bridgehead atoms. The number of hydrogen-bond donors (Lipinski definition) is 2. The summed E-state index contributed by atoms with van der Waals surface area (Å²) < 4.78 is 0. The van der Waals surface area contributed by atoms with E-state index in [0.717, 1.165) is 30.8 Å². The molecule has 4 heteroatoms. The van der Waals surface area contributed by atoms with Crippen LogP contribution in [-0.2, 0) is 6.42 Å². The fraction of sp³-hybridized carbons (Fsp3) is 0.176. The molecule has 0 aromatic heterocycles. The topological polar surface area (TPSA) is 64.9 Å². The van der Waals surface area contributed by atoms with Crippen molar-refractivity contribution in [1.29, 1.82) is 5.26 Å². The van der Waals surface area contributed by atoms with E-state index in [4.69, 9.17) is 5.26 Å². The Hall–Kier alpha value is -2.80. The van der Waals surface area contributed by atoms with Crippen LogP contribution in [0.15, 0.2) is 42.5 Å². The molecule has 2 aromatic carbocycles. The second-order valence-electron chi connectivity index (χ2n) is 5.05. The van der Waals surface area contributed by atoms with Gasteiger partial charge in [0, 0.05) is 23.5 Å². The number of nitrogens with one attached hydrogen (secondary N) is 2. The van der Waals surface area contributed by atoms with Crippen LogP contribution in [0.4, 0.5) is 11.4 Å². The van der Waals surface area contributed by atoms with Crippen LogP contribution in [-0.4, -0.2) is 12.5 Å². The molecule has 0 saturated carbocycles.